The first-order chi connectivity index (χ1) is 15.4. The molecule has 1 aliphatic heterocycles. The van der Waals surface area contributed by atoms with E-state index in [0.29, 0.717) is 5.69 Å². The zero-order valence-corrected chi connectivity index (χ0v) is 17.7. The standard InChI is InChI=1S/C20H21FN4O6S/c1-29-20(28)31-11-30-16(26)10-25-15-8-7-12(21)9-14(15)17(18(25)27)23-24-19(32)22-13-5-3-2-4-6-13/h2-9,16,20,26,28H,10-11H2,1H3,(H2,22,24,32)/b23-17-. The van der Waals surface area contributed by atoms with Gasteiger partial charge in [0.2, 0.25) is 0 Å². The lowest BCUT2D eigenvalue weighted by Crippen LogP contribution is -2.39. The molecule has 1 aliphatic rings. The number of anilines is 2. The van der Waals surface area contributed by atoms with Crippen LogP contribution in [0.3, 0.4) is 0 Å². The van der Waals surface area contributed by atoms with E-state index in [2.05, 4.69) is 20.6 Å². The number of hydrazone groups is 1. The Morgan fingerprint density at radius 1 is 1.22 bits per heavy atom. The van der Waals surface area contributed by atoms with Crippen LogP contribution in [0.1, 0.15) is 5.56 Å². The first-order valence-electron chi connectivity index (χ1n) is 9.32. The maximum atomic E-state index is 13.8. The van der Waals surface area contributed by atoms with Crippen molar-refractivity contribution in [3.63, 3.8) is 0 Å². The number of nitrogens with zero attached hydrogens (tertiary/aromatic N) is 2. The molecule has 1 amide bonds. The van der Waals surface area contributed by atoms with E-state index < -0.39 is 31.3 Å². The topological polar surface area (TPSA) is 125 Å². The second-order valence-corrected chi connectivity index (χ2v) is 6.83. The zero-order chi connectivity index (χ0) is 23.1. The number of hydrogen-bond acceptors (Lipinski definition) is 8. The number of hydrogen-bond donors (Lipinski definition) is 4. The third-order valence-corrected chi connectivity index (χ3v) is 4.46. The normalized spacial score (nSPS) is 16.1. The van der Waals surface area contributed by atoms with Gasteiger partial charge in [0.25, 0.3) is 12.4 Å². The molecule has 0 spiro atoms. The van der Waals surface area contributed by atoms with Gasteiger partial charge in [-0.15, -0.1) is 0 Å². The van der Waals surface area contributed by atoms with Crippen LogP contribution in [-0.4, -0.2) is 60.2 Å². The van der Waals surface area contributed by atoms with Crippen LogP contribution in [-0.2, 0) is 19.0 Å². The predicted octanol–water partition coefficient (Wildman–Crippen LogP) is 1.09. The van der Waals surface area contributed by atoms with Gasteiger partial charge in [0, 0.05) is 18.4 Å². The number of benzene rings is 2. The number of aliphatic hydroxyl groups excluding tert-OH is 2. The number of methoxy groups -OCH3 is 1. The number of aliphatic hydroxyl groups is 2. The minimum absolute atomic E-state index is 0.0880. The van der Waals surface area contributed by atoms with Crippen molar-refractivity contribution in [3.05, 3.63) is 59.9 Å². The highest BCUT2D eigenvalue weighted by atomic mass is 32.1. The molecule has 0 saturated carbocycles. The van der Waals surface area contributed by atoms with Crippen LogP contribution in [0, 0.1) is 5.82 Å². The summed E-state index contributed by atoms with van der Waals surface area (Å²) in [7, 11) is 1.22. The molecule has 2 aromatic rings. The van der Waals surface area contributed by atoms with E-state index in [1.165, 1.54) is 24.1 Å². The van der Waals surface area contributed by atoms with Crippen molar-refractivity contribution >= 4 is 40.3 Å². The first-order valence-corrected chi connectivity index (χ1v) is 9.73. The molecule has 0 aromatic heterocycles. The molecule has 0 radical (unpaired) electrons. The minimum Gasteiger partial charge on any atom is -0.366 e. The number of thiocarbonyl (C=S) groups is 1. The SMILES string of the molecule is COC(O)OCOC(O)CN1C(=O)/C(=N\NC(=S)Nc2ccccc2)c2cc(F)ccc21. The third kappa shape index (κ3) is 6.03. The summed E-state index contributed by atoms with van der Waals surface area (Å²) >= 11 is 5.18. The number of para-hydroxylation sites is 1. The Balaban J connectivity index is 1.70. The minimum atomic E-state index is -1.52. The maximum Gasteiger partial charge on any atom is 0.279 e. The average molecular weight is 464 g/mol. The van der Waals surface area contributed by atoms with E-state index in [-0.39, 0.29) is 22.9 Å². The molecule has 32 heavy (non-hydrogen) atoms. The Hall–Kier alpha value is -3.00. The number of ether oxygens (including phenoxy) is 3. The number of nitrogens with one attached hydrogen (secondary N) is 2. The lowest BCUT2D eigenvalue weighted by molar-refractivity contribution is -0.298. The largest absolute Gasteiger partial charge is 0.366 e. The van der Waals surface area contributed by atoms with Gasteiger partial charge in [0.15, 0.2) is 23.9 Å². The Morgan fingerprint density at radius 3 is 2.69 bits per heavy atom. The summed E-state index contributed by atoms with van der Waals surface area (Å²) in [6.45, 7) is -2.30. The van der Waals surface area contributed by atoms with Crippen LogP contribution >= 0.6 is 12.2 Å². The molecule has 2 unspecified atom stereocenters. The molecular weight excluding hydrogens is 443 g/mol. The summed E-state index contributed by atoms with van der Waals surface area (Å²) in [6, 6.07) is 12.8. The van der Waals surface area contributed by atoms with E-state index in [9.17, 15) is 14.3 Å². The van der Waals surface area contributed by atoms with Crippen molar-refractivity contribution in [2.75, 3.05) is 30.7 Å². The molecule has 12 heteroatoms. The van der Waals surface area contributed by atoms with Crippen molar-refractivity contribution in [2.24, 2.45) is 5.10 Å². The average Bonchev–Trinajstić information content (AvgIpc) is 3.02. The summed E-state index contributed by atoms with van der Waals surface area (Å²) in [5.41, 5.74) is 3.76. The van der Waals surface area contributed by atoms with E-state index in [4.69, 9.17) is 26.8 Å². The summed E-state index contributed by atoms with van der Waals surface area (Å²) in [5, 5.41) is 26.3. The molecule has 170 valence electrons. The van der Waals surface area contributed by atoms with Crippen molar-refractivity contribution in [1.82, 2.24) is 5.43 Å². The van der Waals surface area contributed by atoms with Gasteiger partial charge < -0.3 is 34.6 Å². The van der Waals surface area contributed by atoms with Crippen molar-refractivity contribution in [2.45, 2.75) is 12.8 Å². The third-order valence-electron chi connectivity index (χ3n) is 4.26. The van der Waals surface area contributed by atoms with Gasteiger partial charge >= 0.3 is 0 Å². The number of rotatable bonds is 9. The Kier molecular flexibility index (Phi) is 8.16. The molecule has 3 rings (SSSR count). The second kappa shape index (κ2) is 11.0. The molecule has 2 atom stereocenters. The van der Waals surface area contributed by atoms with Crippen molar-refractivity contribution < 1.29 is 33.6 Å². The van der Waals surface area contributed by atoms with Gasteiger partial charge in [-0.1, -0.05) is 18.2 Å². The molecule has 0 aliphatic carbocycles. The quantitative estimate of drug-likeness (QED) is 0.245. The number of carbonyl (C=O) groups excluding carboxylic acids is 1. The van der Waals surface area contributed by atoms with Gasteiger partial charge in [-0.05, 0) is 42.5 Å². The smallest absolute Gasteiger partial charge is 0.279 e. The Bertz CT molecular complexity index is 993. The fraction of sp³-hybridized carbons (Fsp3) is 0.250. The Morgan fingerprint density at radius 2 is 1.97 bits per heavy atom. The van der Waals surface area contributed by atoms with Crippen LogP contribution in [0.5, 0.6) is 0 Å². The highest BCUT2D eigenvalue weighted by Crippen LogP contribution is 2.30. The highest BCUT2D eigenvalue weighted by Gasteiger charge is 2.36. The summed E-state index contributed by atoms with van der Waals surface area (Å²) in [4.78, 5) is 14.1. The molecule has 1 heterocycles. The number of β-amino-alcohol motifs (C(OH)–C–C–N with tert-alkyl or cyclic N) is 1. The summed E-state index contributed by atoms with van der Waals surface area (Å²) in [5.74, 6) is -1.16. The lowest BCUT2D eigenvalue weighted by atomic mass is 10.1. The lowest BCUT2D eigenvalue weighted by Gasteiger charge is -2.21. The maximum absolute atomic E-state index is 13.8. The predicted molar refractivity (Wildman–Crippen MR) is 117 cm³/mol. The van der Waals surface area contributed by atoms with E-state index in [1.54, 1.807) is 12.1 Å². The fourth-order valence-electron chi connectivity index (χ4n) is 2.82. The fourth-order valence-corrected chi connectivity index (χ4v) is 2.98. The van der Waals surface area contributed by atoms with E-state index in [1.807, 2.05) is 18.2 Å². The molecule has 0 saturated heterocycles. The van der Waals surface area contributed by atoms with Gasteiger partial charge in [-0.3, -0.25) is 10.2 Å². The molecule has 10 nitrogen and oxygen atoms in total. The monoisotopic (exact) mass is 464 g/mol. The first kappa shape index (κ1) is 23.7. The Labute approximate surface area is 188 Å². The number of halogens is 1. The van der Waals surface area contributed by atoms with Crippen molar-refractivity contribution in [3.8, 4) is 0 Å². The van der Waals surface area contributed by atoms with E-state index >= 15 is 0 Å². The molecule has 0 fully saturated rings. The van der Waals surface area contributed by atoms with E-state index in [0.717, 1.165) is 11.8 Å². The molecule has 4 N–H and O–H groups in total. The number of carbonyl (C=O) groups is 1. The van der Waals surface area contributed by atoms with Crippen LogP contribution in [0.25, 0.3) is 0 Å². The molecule has 0 bridgehead atoms. The zero-order valence-electron chi connectivity index (χ0n) is 16.9. The van der Waals surface area contributed by atoms with Gasteiger partial charge in [-0.25, -0.2) is 4.39 Å². The second-order valence-electron chi connectivity index (χ2n) is 6.42. The summed E-state index contributed by atoms with van der Waals surface area (Å²) in [6.07, 6.45) is -1.46. The summed E-state index contributed by atoms with van der Waals surface area (Å²) < 4.78 is 28.0. The molecule has 2 aromatic carbocycles. The van der Waals surface area contributed by atoms with Crippen LogP contribution in [0.4, 0.5) is 15.8 Å². The van der Waals surface area contributed by atoms with Crippen molar-refractivity contribution in [1.29, 1.82) is 0 Å². The van der Waals surface area contributed by atoms with Gasteiger partial charge in [-0.2, -0.15) is 5.10 Å². The van der Waals surface area contributed by atoms with Gasteiger partial charge in [0.05, 0.1) is 12.2 Å². The highest BCUT2D eigenvalue weighted by molar-refractivity contribution is 7.80. The van der Waals surface area contributed by atoms with Crippen LogP contribution < -0.4 is 15.6 Å². The number of fused-ring (bicyclic) bond motifs is 1. The van der Waals surface area contributed by atoms with Crippen LogP contribution in [0.2, 0.25) is 0 Å². The molecular formula is C20H21FN4O6S. The van der Waals surface area contributed by atoms with Gasteiger partial charge in [0.1, 0.15) is 5.82 Å². The van der Waals surface area contributed by atoms with Crippen LogP contribution in [0.15, 0.2) is 53.6 Å². The number of amides is 1.